The number of pyridine rings is 1. The van der Waals surface area contributed by atoms with Crippen molar-refractivity contribution in [1.82, 2.24) is 20.3 Å². The first kappa shape index (κ1) is 25.6. The zero-order valence-corrected chi connectivity index (χ0v) is 22.9. The molecule has 3 aromatic rings. The van der Waals surface area contributed by atoms with E-state index in [4.69, 9.17) is 26.1 Å². The third-order valence-corrected chi connectivity index (χ3v) is 7.36. The summed E-state index contributed by atoms with van der Waals surface area (Å²) in [4.78, 5) is 28.6. The number of carbonyl (C=O) groups excluding carboxylic acids is 1. The first-order chi connectivity index (χ1) is 17.7. The number of fused-ring (bicyclic) bond motifs is 2. The van der Waals surface area contributed by atoms with Gasteiger partial charge in [-0.3, -0.25) is 0 Å². The highest BCUT2D eigenvalue weighted by Gasteiger charge is 2.57. The minimum absolute atomic E-state index is 0.104. The summed E-state index contributed by atoms with van der Waals surface area (Å²) in [6.45, 7) is 11.2. The highest BCUT2D eigenvalue weighted by molar-refractivity contribution is 7.98. The Labute approximate surface area is 225 Å². The van der Waals surface area contributed by atoms with Crippen molar-refractivity contribution in [3.05, 3.63) is 48.1 Å². The molecule has 0 bridgehead atoms. The molecule has 0 spiro atoms. The molecule has 194 valence electrons. The predicted octanol–water partition coefficient (Wildman–Crippen LogP) is 5.59. The van der Waals surface area contributed by atoms with Crippen molar-refractivity contribution in [3.8, 4) is 16.9 Å². The van der Waals surface area contributed by atoms with Gasteiger partial charge in [0.15, 0.2) is 10.8 Å². The van der Waals surface area contributed by atoms with E-state index < -0.39 is 5.60 Å². The molecule has 5 rings (SSSR count). The summed E-state index contributed by atoms with van der Waals surface area (Å²) in [5, 5.41) is 5.09. The third kappa shape index (κ3) is 5.33. The van der Waals surface area contributed by atoms with Crippen LogP contribution in [0.15, 0.2) is 48.3 Å². The van der Waals surface area contributed by atoms with Crippen molar-refractivity contribution in [1.29, 1.82) is 0 Å². The van der Waals surface area contributed by atoms with Gasteiger partial charge in [0, 0.05) is 53.7 Å². The summed E-state index contributed by atoms with van der Waals surface area (Å²) in [6, 6.07) is 7.75. The van der Waals surface area contributed by atoms with E-state index in [1.54, 1.807) is 12.3 Å². The van der Waals surface area contributed by atoms with Gasteiger partial charge in [-0.05, 0) is 45.2 Å². The zero-order chi connectivity index (χ0) is 26.3. The van der Waals surface area contributed by atoms with Gasteiger partial charge in [0.05, 0.1) is 5.02 Å². The van der Waals surface area contributed by atoms with E-state index in [1.807, 2.05) is 51.3 Å². The summed E-state index contributed by atoms with van der Waals surface area (Å²) in [6.07, 6.45) is 5.06. The zero-order valence-electron chi connectivity index (χ0n) is 21.3. The molecule has 3 heterocycles. The Kier molecular flexibility index (Phi) is 6.93. The number of hydrogen-bond acceptors (Lipinski definition) is 8. The Morgan fingerprint density at radius 3 is 2.73 bits per heavy atom. The molecule has 1 aliphatic carbocycles. The van der Waals surface area contributed by atoms with E-state index in [0.29, 0.717) is 40.0 Å². The molecule has 2 unspecified atom stereocenters. The lowest BCUT2D eigenvalue weighted by atomic mass is 10.0. The second kappa shape index (κ2) is 10.0. The predicted molar refractivity (Wildman–Crippen MR) is 148 cm³/mol. The van der Waals surface area contributed by atoms with Crippen LogP contribution in [0.25, 0.3) is 22.2 Å². The van der Waals surface area contributed by atoms with E-state index in [0.717, 1.165) is 35.4 Å². The Morgan fingerprint density at radius 2 is 2.05 bits per heavy atom. The number of alkyl carbamates (subject to hydrolysis) is 1. The van der Waals surface area contributed by atoms with E-state index in [1.165, 1.54) is 11.8 Å². The number of hydrogen-bond donors (Lipinski definition) is 1. The first-order valence-electron chi connectivity index (χ1n) is 12.2. The maximum atomic E-state index is 12.3. The van der Waals surface area contributed by atoms with Crippen LogP contribution >= 0.6 is 23.4 Å². The normalized spacial score (nSPS) is 20.5. The number of anilines is 1. The molecule has 0 radical (unpaired) electrons. The fourth-order valence-electron chi connectivity index (χ4n) is 4.85. The van der Waals surface area contributed by atoms with Crippen LogP contribution in [0.1, 0.15) is 20.8 Å². The SMILES string of the molecule is C=CCOc1cccc(Cl)c1-c1cc2cnc(SC)nc2nc1N1CC2C(C1)C2NC(=O)OC(C)(C)C. The van der Waals surface area contributed by atoms with Crippen LogP contribution in [0.3, 0.4) is 0 Å². The summed E-state index contributed by atoms with van der Waals surface area (Å²) in [5.41, 5.74) is 1.73. The molecular formula is C27H30ClN5O3S. The number of nitrogens with zero attached hydrogens (tertiary/aromatic N) is 4. The van der Waals surface area contributed by atoms with E-state index in [-0.39, 0.29) is 12.1 Å². The molecule has 8 nitrogen and oxygen atoms in total. The lowest BCUT2D eigenvalue weighted by molar-refractivity contribution is 0.0518. The minimum Gasteiger partial charge on any atom is -0.489 e. The van der Waals surface area contributed by atoms with Crippen LogP contribution < -0.4 is 15.0 Å². The third-order valence-electron chi connectivity index (χ3n) is 6.49. The van der Waals surface area contributed by atoms with Crippen LogP contribution in [-0.2, 0) is 4.74 Å². The van der Waals surface area contributed by atoms with Gasteiger partial charge in [-0.25, -0.2) is 19.7 Å². The summed E-state index contributed by atoms with van der Waals surface area (Å²) in [7, 11) is 0. The maximum Gasteiger partial charge on any atom is 0.407 e. The van der Waals surface area contributed by atoms with Crippen LogP contribution in [-0.4, -0.2) is 58.6 Å². The number of nitrogens with one attached hydrogen (secondary N) is 1. The molecule has 1 aliphatic heterocycles. The van der Waals surface area contributed by atoms with Gasteiger partial charge in [-0.1, -0.05) is 42.1 Å². The van der Waals surface area contributed by atoms with Crippen LogP contribution in [0.5, 0.6) is 5.75 Å². The largest absolute Gasteiger partial charge is 0.489 e. The molecule has 1 saturated heterocycles. The number of amides is 1. The Morgan fingerprint density at radius 1 is 1.30 bits per heavy atom. The number of aromatic nitrogens is 3. The number of piperidine rings is 1. The minimum atomic E-state index is -0.526. The average Bonchev–Trinajstić information content (AvgIpc) is 3.27. The Balaban J connectivity index is 1.49. The topological polar surface area (TPSA) is 89.5 Å². The summed E-state index contributed by atoms with van der Waals surface area (Å²) >= 11 is 8.22. The number of carbonyl (C=O) groups is 1. The first-order valence-corrected chi connectivity index (χ1v) is 13.8. The molecule has 2 fully saturated rings. The van der Waals surface area contributed by atoms with Crippen molar-refractivity contribution in [3.63, 3.8) is 0 Å². The molecule has 1 amide bonds. The lowest BCUT2D eigenvalue weighted by Gasteiger charge is -2.26. The Bertz CT molecular complexity index is 1350. The van der Waals surface area contributed by atoms with Gasteiger partial charge in [-0.15, -0.1) is 0 Å². The second-order valence-corrected chi connectivity index (χ2v) is 11.4. The summed E-state index contributed by atoms with van der Waals surface area (Å²) in [5.74, 6) is 2.10. The standard InChI is InChI=1S/C27H30ClN5O3S/c1-6-10-35-20-9-7-8-19(28)21(20)16-11-15-12-29-25(37-5)32-23(15)31-24(16)33-13-17-18(14-33)22(17)30-26(34)36-27(2,3)4/h6-9,11-12,17-18,22H,1,10,13-14H2,2-5H3,(H,30,34). The molecule has 1 saturated carbocycles. The van der Waals surface area contributed by atoms with Gasteiger partial charge in [0.1, 0.15) is 23.8 Å². The summed E-state index contributed by atoms with van der Waals surface area (Å²) < 4.78 is 11.4. The van der Waals surface area contributed by atoms with E-state index >= 15 is 0 Å². The Hall–Kier alpha value is -3.04. The van der Waals surface area contributed by atoms with Gasteiger partial charge in [0.2, 0.25) is 0 Å². The average molecular weight is 540 g/mol. The number of rotatable bonds is 7. The molecule has 37 heavy (non-hydrogen) atoms. The second-order valence-electron chi connectivity index (χ2n) is 10.2. The fourth-order valence-corrected chi connectivity index (χ4v) is 5.46. The van der Waals surface area contributed by atoms with E-state index in [2.05, 4.69) is 26.8 Å². The number of thioether (sulfide) groups is 1. The smallest absolute Gasteiger partial charge is 0.407 e. The number of benzene rings is 1. The van der Waals surface area contributed by atoms with Crippen molar-refractivity contribution in [2.75, 3.05) is 30.9 Å². The number of halogens is 1. The van der Waals surface area contributed by atoms with Crippen LogP contribution in [0, 0.1) is 11.8 Å². The maximum absolute atomic E-state index is 12.3. The molecule has 1 aromatic carbocycles. The molecular weight excluding hydrogens is 510 g/mol. The van der Waals surface area contributed by atoms with Crippen molar-refractivity contribution < 1.29 is 14.3 Å². The van der Waals surface area contributed by atoms with Gasteiger partial charge in [-0.2, -0.15) is 0 Å². The van der Waals surface area contributed by atoms with Gasteiger partial charge < -0.3 is 19.7 Å². The quantitative estimate of drug-likeness (QED) is 0.236. The van der Waals surface area contributed by atoms with E-state index in [9.17, 15) is 4.79 Å². The van der Waals surface area contributed by atoms with Crippen molar-refractivity contribution in [2.45, 2.75) is 37.6 Å². The van der Waals surface area contributed by atoms with Gasteiger partial charge in [0.25, 0.3) is 0 Å². The molecule has 1 N–H and O–H groups in total. The van der Waals surface area contributed by atoms with Crippen molar-refractivity contribution >= 4 is 46.3 Å². The van der Waals surface area contributed by atoms with Crippen LogP contribution in [0.4, 0.5) is 10.6 Å². The monoisotopic (exact) mass is 539 g/mol. The fraction of sp³-hybridized carbons (Fsp3) is 0.407. The highest BCUT2D eigenvalue weighted by Crippen LogP contribution is 2.49. The van der Waals surface area contributed by atoms with Crippen molar-refractivity contribution in [2.24, 2.45) is 11.8 Å². The molecule has 2 atom stereocenters. The number of ether oxygens (including phenoxy) is 2. The molecule has 10 heteroatoms. The van der Waals surface area contributed by atoms with Crippen LogP contribution in [0.2, 0.25) is 5.02 Å². The highest BCUT2D eigenvalue weighted by atomic mass is 35.5. The van der Waals surface area contributed by atoms with Gasteiger partial charge >= 0.3 is 6.09 Å². The lowest BCUT2D eigenvalue weighted by Crippen LogP contribution is -2.38. The molecule has 2 aromatic heterocycles. The molecule has 2 aliphatic rings.